The summed E-state index contributed by atoms with van der Waals surface area (Å²) in [5.41, 5.74) is 5.28. The van der Waals surface area contributed by atoms with E-state index in [0.29, 0.717) is 11.9 Å². The zero-order valence-corrected chi connectivity index (χ0v) is 14.5. The molecule has 24 heavy (non-hydrogen) atoms. The molecule has 3 heterocycles. The molecule has 4 heteroatoms. The summed E-state index contributed by atoms with van der Waals surface area (Å²) < 4.78 is 5.26. The first-order valence-corrected chi connectivity index (χ1v) is 8.83. The number of aromatic nitrogens is 1. The van der Waals surface area contributed by atoms with Crippen molar-refractivity contribution >= 4 is 5.69 Å². The number of benzene rings is 1. The lowest BCUT2D eigenvalue weighted by Gasteiger charge is -2.27. The number of ether oxygens (including phenoxy) is 1. The summed E-state index contributed by atoms with van der Waals surface area (Å²) in [6.45, 7) is 3.53. The Morgan fingerprint density at radius 3 is 2.83 bits per heavy atom. The molecule has 2 aliphatic rings. The second kappa shape index (κ2) is 6.44. The standard InChI is InChI=1S/C20H25N3O/c1-22-10-3-4-18(22)14-23-11-8-15-5-6-16(12-19(15)23)17-7-9-21-20(13-17)24-2/h5-7,9,12-13,18H,3-4,8,10-11,14H2,1-2H3/t18-/m1/s1. The number of nitrogens with zero attached hydrogens (tertiary/aromatic N) is 3. The second-order valence-electron chi connectivity index (χ2n) is 6.90. The number of likely N-dealkylation sites (tertiary alicyclic amines) is 1. The van der Waals surface area contributed by atoms with Gasteiger partial charge in [-0.3, -0.25) is 0 Å². The number of anilines is 1. The highest BCUT2D eigenvalue weighted by Gasteiger charge is 2.27. The summed E-state index contributed by atoms with van der Waals surface area (Å²) >= 11 is 0. The van der Waals surface area contributed by atoms with Gasteiger partial charge in [0.25, 0.3) is 0 Å². The summed E-state index contributed by atoms with van der Waals surface area (Å²) in [6, 6.07) is 11.6. The highest BCUT2D eigenvalue weighted by molar-refractivity contribution is 5.72. The quantitative estimate of drug-likeness (QED) is 0.864. The SMILES string of the molecule is COc1cc(-c2ccc3c(c2)N(C[C@H]2CCCN2C)CC3)ccn1. The van der Waals surface area contributed by atoms with Gasteiger partial charge in [0.2, 0.25) is 5.88 Å². The van der Waals surface area contributed by atoms with E-state index < -0.39 is 0 Å². The zero-order valence-electron chi connectivity index (χ0n) is 14.5. The molecule has 0 N–H and O–H groups in total. The molecule has 2 aromatic rings. The third-order valence-electron chi connectivity index (χ3n) is 5.46. The first-order valence-electron chi connectivity index (χ1n) is 8.83. The van der Waals surface area contributed by atoms with Crippen LogP contribution < -0.4 is 9.64 Å². The molecule has 0 unspecified atom stereocenters. The van der Waals surface area contributed by atoms with Crippen LogP contribution in [0.2, 0.25) is 0 Å². The molecule has 2 aliphatic heterocycles. The maximum atomic E-state index is 5.26. The first-order chi connectivity index (χ1) is 11.7. The van der Waals surface area contributed by atoms with Gasteiger partial charge < -0.3 is 14.5 Å². The summed E-state index contributed by atoms with van der Waals surface area (Å²) in [4.78, 5) is 9.29. The van der Waals surface area contributed by atoms with Gasteiger partial charge >= 0.3 is 0 Å². The molecule has 0 spiro atoms. The molecule has 4 rings (SSSR count). The Labute approximate surface area is 144 Å². The van der Waals surface area contributed by atoms with Crippen LogP contribution in [0.5, 0.6) is 5.88 Å². The van der Waals surface area contributed by atoms with Gasteiger partial charge in [-0.15, -0.1) is 0 Å². The van der Waals surface area contributed by atoms with Gasteiger partial charge in [-0.25, -0.2) is 4.98 Å². The van der Waals surface area contributed by atoms with Gasteiger partial charge in [0.05, 0.1) is 7.11 Å². The van der Waals surface area contributed by atoms with E-state index in [2.05, 4.69) is 40.0 Å². The van der Waals surface area contributed by atoms with Crippen molar-refractivity contribution < 1.29 is 4.74 Å². The van der Waals surface area contributed by atoms with E-state index in [1.807, 2.05) is 18.3 Å². The molecular weight excluding hydrogens is 298 g/mol. The molecule has 1 saturated heterocycles. The van der Waals surface area contributed by atoms with Crippen molar-refractivity contribution in [3.63, 3.8) is 0 Å². The molecule has 0 aliphatic carbocycles. The van der Waals surface area contributed by atoms with Gasteiger partial charge in [0.15, 0.2) is 0 Å². The number of fused-ring (bicyclic) bond motifs is 1. The van der Waals surface area contributed by atoms with E-state index >= 15 is 0 Å². The maximum Gasteiger partial charge on any atom is 0.213 e. The molecule has 1 atom stereocenters. The van der Waals surface area contributed by atoms with Crippen molar-refractivity contribution in [3.05, 3.63) is 42.1 Å². The monoisotopic (exact) mass is 323 g/mol. The molecule has 1 aromatic heterocycles. The van der Waals surface area contributed by atoms with Crippen LogP contribution in [0.4, 0.5) is 5.69 Å². The van der Waals surface area contributed by atoms with Crippen LogP contribution in [0.1, 0.15) is 18.4 Å². The largest absolute Gasteiger partial charge is 0.481 e. The van der Waals surface area contributed by atoms with E-state index in [9.17, 15) is 0 Å². The second-order valence-corrected chi connectivity index (χ2v) is 6.90. The van der Waals surface area contributed by atoms with Crippen molar-refractivity contribution in [1.29, 1.82) is 0 Å². The molecule has 126 valence electrons. The van der Waals surface area contributed by atoms with Crippen LogP contribution in [-0.2, 0) is 6.42 Å². The summed E-state index contributed by atoms with van der Waals surface area (Å²) in [5, 5.41) is 0. The molecule has 0 radical (unpaired) electrons. The topological polar surface area (TPSA) is 28.6 Å². The molecule has 1 fully saturated rings. The Hall–Kier alpha value is -2.07. The molecule has 0 saturated carbocycles. The Kier molecular flexibility index (Phi) is 4.15. The average molecular weight is 323 g/mol. The number of rotatable bonds is 4. The normalized spacial score (nSPS) is 20.4. The van der Waals surface area contributed by atoms with Crippen molar-refractivity contribution in [2.45, 2.75) is 25.3 Å². The minimum Gasteiger partial charge on any atom is -0.481 e. The van der Waals surface area contributed by atoms with Gasteiger partial charge in [-0.2, -0.15) is 0 Å². The van der Waals surface area contributed by atoms with Crippen molar-refractivity contribution in [1.82, 2.24) is 9.88 Å². The van der Waals surface area contributed by atoms with Crippen molar-refractivity contribution in [3.8, 4) is 17.0 Å². The number of hydrogen-bond donors (Lipinski definition) is 0. The molecule has 0 bridgehead atoms. The molecule has 4 nitrogen and oxygen atoms in total. The Morgan fingerprint density at radius 2 is 2.04 bits per heavy atom. The Morgan fingerprint density at radius 1 is 1.17 bits per heavy atom. The van der Waals surface area contributed by atoms with Gasteiger partial charge in [0.1, 0.15) is 0 Å². The average Bonchev–Trinajstić information content (AvgIpc) is 3.21. The van der Waals surface area contributed by atoms with Crippen LogP contribution in [-0.4, -0.2) is 49.7 Å². The maximum absolute atomic E-state index is 5.26. The number of hydrogen-bond acceptors (Lipinski definition) is 4. The molecule has 1 aromatic carbocycles. The minimum absolute atomic E-state index is 0.664. The third kappa shape index (κ3) is 2.86. The predicted molar refractivity (Wildman–Crippen MR) is 97.8 cm³/mol. The van der Waals surface area contributed by atoms with Crippen molar-refractivity contribution in [2.75, 3.05) is 38.7 Å². The smallest absolute Gasteiger partial charge is 0.213 e. The van der Waals surface area contributed by atoms with E-state index in [1.54, 1.807) is 7.11 Å². The zero-order chi connectivity index (χ0) is 16.5. The molecular formula is C20H25N3O. The number of likely N-dealkylation sites (N-methyl/N-ethyl adjacent to an activating group) is 1. The fourth-order valence-electron chi connectivity index (χ4n) is 3.98. The first kappa shape index (κ1) is 15.5. The lowest BCUT2D eigenvalue weighted by Crippen LogP contribution is -2.37. The summed E-state index contributed by atoms with van der Waals surface area (Å²) in [5.74, 6) is 0.664. The minimum atomic E-state index is 0.664. The van der Waals surface area contributed by atoms with Crippen LogP contribution in [0, 0.1) is 0 Å². The lowest BCUT2D eigenvalue weighted by atomic mass is 10.0. The van der Waals surface area contributed by atoms with E-state index in [1.165, 1.54) is 36.2 Å². The van der Waals surface area contributed by atoms with Gasteiger partial charge in [0, 0.05) is 37.1 Å². The summed E-state index contributed by atoms with van der Waals surface area (Å²) in [6.07, 6.45) is 5.63. The molecule has 0 amide bonds. The van der Waals surface area contributed by atoms with Crippen LogP contribution in [0.15, 0.2) is 36.5 Å². The fourth-order valence-corrected chi connectivity index (χ4v) is 3.98. The van der Waals surface area contributed by atoms with Gasteiger partial charge in [-0.05, 0) is 61.7 Å². The Balaban J connectivity index is 1.60. The van der Waals surface area contributed by atoms with Crippen molar-refractivity contribution in [2.24, 2.45) is 0 Å². The van der Waals surface area contributed by atoms with Crippen LogP contribution in [0.25, 0.3) is 11.1 Å². The highest BCUT2D eigenvalue weighted by Crippen LogP contribution is 2.34. The Bertz CT molecular complexity index is 731. The van der Waals surface area contributed by atoms with E-state index in [-0.39, 0.29) is 0 Å². The highest BCUT2D eigenvalue weighted by atomic mass is 16.5. The summed E-state index contributed by atoms with van der Waals surface area (Å²) in [7, 11) is 3.92. The van der Waals surface area contributed by atoms with Gasteiger partial charge in [-0.1, -0.05) is 12.1 Å². The number of pyridine rings is 1. The lowest BCUT2D eigenvalue weighted by molar-refractivity contribution is 0.313. The third-order valence-corrected chi connectivity index (χ3v) is 5.46. The predicted octanol–water partition coefficient (Wildman–Crippen LogP) is 3.21. The van der Waals surface area contributed by atoms with E-state index in [0.717, 1.165) is 25.1 Å². The number of methoxy groups -OCH3 is 1. The van der Waals surface area contributed by atoms with Crippen LogP contribution in [0.3, 0.4) is 0 Å². The van der Waals surface area contributed by atoms with E-state index in [4.69, 9.17) is 4.74 Å². The fraction of sp³-hybridized carbons (Fsp3) is 0.450. The van der Waals surface area contributed by atoms with Crippen LogP contribution >= 0.6 is 0 Å².